The Morgan fingerprint density at radius 2 is 0.717 bits per heavy atom. The highest BCUT2D eigenvalue weighted by Crippen LogP contribution is 2.65. The molecule has 0 N–H and O–H groups in total. The Morgan fingerprint density at radius 3 is 1.40 bits per heavy atom. The lowest BCUT2D eigenvalue weighted by atomic mass is 9.70. The largest absolute Gasteiger partial charge is 0.310 e. The Morgan fingerprint density at radius 1 is 0.267 bits per heavy atom. The van der Waals surface area contributed by atoms with Gasteiger partial charge >= 0.3 is 0 Å². The molecule has 60 heavy (non-hydrogen) atoms. The van der Waals surface area contributed by atoms with Crippen LogP contribution in [-0.4, -0.2) is 0 Å². The molecular weight excluding hydrogens is 723 g/mol. The number of nitrogens with zero attached hydrogens (tertiary/aromatic N) is 1. The Labute approximate surface area is 351 Å². The number of hydrogen-bond acceptors (Lipinski definition) is 1. The minimum absolute atomic E-state index is 0.487. The lowest BCUT2D eigenvalue weighted by molar-refractivity contribution is 0.794. The molecule has 1 nitrogen and oxygen atoms in total. The van der Waals surface area contributed by atoms with Crippen LogP contribution >= 0.6 is 0 Å². The van der Waals surface area contributed by atoms with Crippen LogP contribution in [0.15, 0.2) is 237 Å². The molecule has 0 fully saturated rings. The molecule has 1 atom stereocenters. The summed E-state index contributed by atoms with van der Waals surface area (Å²) in [6.45, 7) is 0. The van der Waals surface area contributed by atoms with Gasteiger partial charge in [0.05, 0.1) is 11.1 Å². The molecule has 10 aromatic rings. The van der Waals surface area contributed by atoms with Crippen LogP contribution in [0.2, 0.25) is 0 Å². The van der Waals surface area contributed by atoms with Crippen molar-refractivity contribution in [3.63, 3.8) is 0 Å². The first-order chi connectivity index (χ1) is 29.8. The molecule has 0 radical (unpaired) electrons. The molecule has 0 bridgehead atoms. The normalized spacial score (nSPS) is 14.4. The molecule has 280 valence electrons. The molecule has 1 heteroatoms. The maximum atomic E-state index is 2.48. The van der Waals surface area contributed by atoms with Crippen LogP contribution in [-0.2, 0) is 5.41 Å². The van der Waals surface area contributed by atoms with Gasteiger partial charge in [0.25, 0.3) is 0 Å². The van der Waals surface area contributed by atoms with E-state index < -0.39 is 5.41 Å². The summed E-state index contributed by atoms with van der Waals surface area (Å²) >= 11 is 0. The second-order valence-corrected chi connectivity index (χ2v) is 16.0. The van der Waals surface area contributed by atoms with Gasteiger partial charge in [-0.2, -0.15) is 0 Å². The molecule has 0 saturated carbocycles. The summed E-state index contributed by atoms with van der Waals surface area (Å²) in [5, 5.41) is 2.42. The first-order valence-corrected chi connectivity index (χ1v) is 20.8. The molecule has 0 aromatic heterocycles. The molecule has 0 aliphatic heterocycles. The van der Waals surface area contributed by atoms with Gasteiger partial charge in [-0.15, -0.1) is 0 Å². The van der Waals surface area contributed by atoms with Crippen molar-refractivity contribution in [1.82, 2.24) is 0 Å². The molecule has 10 aromatic carbocycles. The van der Waals surface area contributed by atoms with E-state index in [4.69, 9.17) is 0 Å². The third-order valence-electron chi connectivity index (χ3n) is 12.9. The number of anilines is 3. The summed E-state index contributed by atoms with van der Waals surface area (Å²) < 4.78 is 0. The highest BCUT2D eigenvalue weighted by Gasteiger charge is 2.53. The average molecular weight is 762 g/mol. The van der Waals surface area contributed by atoms with Crippen molar-refractivity contribution in [2.45, 2.75) is 5.41 Å². The van der Waals surface area contributed by atoms with E-state index in [1.807, 2.05) is 0 Å². The molecule has 2 aliphatic rings. The van der Waals surface area contributed by atoms with Crippen molar-refractivity contribution >= 4 is 27.8 Å². The van der Waals surface area contributed by atoms with Crippen molar-refractivity contribution < 1.29 is 0 Å². The van der Waals surface area contributed by atoms with E-state index in [9.17, 15) is 0 Å². The second kappa shape index (κ2) is 13.7. The molecular formula is C59H39N. The Hall–Kier alpha value is -7.74. The third kappa shape index (κ3) is 5.13. The van der Waals surface area contributed by atoms with Gasteiger partial charge in [-0.3, -0.25) is 0 Å². The van der Waals surface area contributed by atoms with Crippen LogP contribution in [0.1, 0.15) is 22.3 Å². The maximum absolute atomic E-state index is 2.48. The minimum Gasteiger partial charge on any atom is -0.310 e. The zero-order valence-corrected chi connectivity index (χ0v) is 33.0. The Balaban J connectivity index is 1.10. The van der Waals surface area contributed by atoms with E-state index in [-0.39, 0.29) is 0 Å². The molecule has 1 spiro atoms. The van der Waals surface area contributed by atoms with Gasteiger partial charge in [-0.25, -0.2) is 0 Å². The van der Waals surface area contributed by atoms with Crippen LogP contribution in [0, 0.1) is 0 Å². The summed E-state index contributed by atoms with van der Waals surface area (Å²) in [4.78, 5) is 2.48. The number of hydrogen-bond donors (Lipinski definition) is 0. The van der Waals surface area contributed by atoms with Crippen LogP contribution in [0.4, 0.5) is 17.1 Å². The SMILES string of the molecule is c1ccc(-c2ccc(N(c3ccc4cc(-c5ccccc5)ccc4c3)c3cccc4c3-c3ccccc3C43c4ccccc4-c4c(-c5ccccc5)cccc43)cc2)cc1. The van der Waals surface area contributed by atoms with E-state index in [1.165, 1.54) is 88.7 Å². The fourth-order valence-electron chi connectivity index (χ4n) is 10.3. The fraction of sp³-hybridized carbons (Fsp3) is 0.0169. The van der Waals surface area contributed by atoms with Crippen molar-refractivity contribution in [1.29, 1.82) is 0 Å². The topological polar surface area (TPSA) is 3.24 Å². The van der Waals surface area contributed by atoms with Gasteiger partial charge in [-0.05, 0) is 119 Å². The van der Waals surface area contributed by atoms with Crippen molar-refractivity contribution in [3.05, 3.63) is 259 Å². The third-order valence-corrected chi connectivity index (χ3v) is 12.9. The van der Waals surface area contributed by atoms with Crippen molar-refractivity contribution in [3.8, 4) is 55.6 Å². The number of fused-ring (bicyclic) bond motifs is 11. The minimum atomic E-state index is -0.487. The van der Waals surface area contributed by atoms with Gasteiger partial charge in [0.15, 0.2) is 0 Å². The first-order valence-electron chi connectivity index (χ1n) is 20.8. The van der Waals surface area contributed by atoms with E-state index in [1.54, 1.807) is 0 Å². The highest BCUT2D eigenvalue weighted by atomic mass is 15.1. The summed E-state index contributed by atoms with van der Waals surface area (Å²) in [5.74, 6) is 0. The zero-order chi connectivity index (χ0) is 39.6. The zero-order valence-electron chi connectivity index (χ0n) is 33.0. The maximum Gasteiger partial charge on any atom is 0.0726 e. The predicted octanol–water partition coefficient (Wildman–Crippen LogP) is 15.7. The number of rotatable bonds is 6. The molecule has 1 unspecified atom stereocenters. The first kappa shape index (κ1) is 34.3. The van der Waals surface area contributed by atoms with Crippen LogP contribution in [0.25, 0.3) is 66.4 Å². The summed E-state index contributed by atoms with van der Waals surface area (Å²) in [5.41, 5.74) is 20.8. The van der Waals surface area contributed by atoms with E-state index >= 15 is 0 Å². The lowest BCUT2D eigenvalue weighted by Gasteiger charge is -2.32. The predicted molar refractivity (Wildman–Crippen MR) is 251 cm³/mol. The molecule has 2 aliphatic carbocycles. The fourth-order valence-corrected chi connectivity index (χ4v) is 10.3. The van der Waals surface area contributed by atoms with Gasteiger partial charge in [-0.1, -0.05) is 200 Å². The van der Waals surface area contributed by atoms with Gasteiger partial charge in [0, 0.05) is 16.9 Å². The Bertz CT molecular complexity index is 3240. The smallest absolute Gasteiger partial charge is 0.0726 e. The van der Waals surface area contributed by atoms with Gasteiger partial charge in [0.2, 0.25) is 0 Å². The second-order valence-electron chi connectivity index (χ2n) is 16.0. The Kier molecular flexibility index (Phi) is 7.83. The van der Waals surface area contributed by atoms with Crippen molar-refractivity contribution in [2.75, 3.05) is 4.90 Å². The van der Waals surface area contributed by atoms with Crippen LogP contribution in [0.3, 0.4) is 0 Å². The summed E-state index contributed by atoms with van der Waals surface area (Å²) in [6.07, 6.45) is 0. The standard InChI is InChI=1S/C59H39N/c1-4-16-40(17-5-1)42-32-35-47(36-33-42)60(48-37-34-45-38-44(30-31-46(45)39-48)41-18-6-2-7-19-41)56-29-15-28-55-58(56)51-23-11-13-26-53(51)59(55)52-25-12-10-22-50(52)57-49(24-14-27-54(57)59)43-20-8-3-9-21-43/h1-39H. The van der Waals surface area contributed by atoms with E-state index in [0.717, 1.165) is 17.1 Å². The van der Waals surface area contributed by atoms with Gasteiger partial charge in [0.1, 0.15) is 0 Å². The molecule has 0 heterocycles. The monoisotopic (exact) mass is 761 g/mol. The lowest BCUT2D eigenvalue weighted by Crippen LogP contribution is -2.26. The summed E-state index contributed by atoms with van der Waals surface area (Å²) in [6, 6.07) is 87.3. The highest BCUT2D eigenvalue weighted by molar-refractivity contribution is 6.04. The summed E-state index contributed by atoms with van der Waals surface area (Å²) in [7, 11) is 0. The molecule has 0 saturated heterocycles. The average Bonchev–Trinajstić information content (AvgIpc) is 3.81. The van der Waals surface area contributed by atoms with E-state index in [2.05, 4.69) is 241 Å². The van der Waals surface area contributed by atoms with E-state index in [0.29, 0.717) is 0 Å². The van der Waals surface area contributed by atoms with Crippen LogP contribution < -0.4 is 4.90 Å². The molecule has 12 rings (SSSR count). The van der Waals surface area contributed by atoms with Gasteiger partial charge < -0.3 is 4.90 Å². The van der Waals surface area contributed by atoms with Crippen molar-refractivity contribution in [2.24, 2.45) is 0 Å². The quantitative estimate of drug-likeness (QED) is 0.163. The van der Waals surface area contributed by atoms with Crippen LogP contribution in [0.5, 0.6) is 0 Å². The molecule has 0 amide bonds. The number of benzene rings is 10.